The van der Waals surface area contributed by atoms with Gasteiger partial charge in [-0.15, -0.1) is 11.3 Å². The summed E-state index contributed by atoms with van der Waals surface area (Å²) in [7, 11) is 0. The van der Waals surface area contributed by atoms with E-state index >= 15 is 0 Å². The molecule has 4 nitrogen and oxygen atoms in total. The lowest BCUT2D eigenvalue weighted by atomic mass is 9.69. The number of benzene rings is 1. The molecule has 1 atom stereocenters. The fourth-order valence-electron chi connectivity index (χ4n) is 5.45. The Bertz CT molecular complexity index is 1150. The number of Topliss-reactive ketones (excluding diaryl/α,β-unsaturated/α-hetero) is 1. The Balaban J connectivity index is 1.71. The van der Waals surface area contributed by atoms with Crippen molar-refractivity contribution in [1.29, 1.82) is 5.26 Å². The highest BCUT2D eigenvalue weighted by atomic mass is 32.1. The first-order valence-electron chi connectivity index (χ1n) is 11.1. The van der Waals surface area contributed by atoms with Gasteiger partial charge in [0.1, 0.15) is 11.1 Å². The molecule has 158 valence electrons. The molecule has 1 amide bonds. The number of allylic oxidation sites excluding steroid dienone is 2. The molecule has 1 aromatic carbocycles. The number of carbonyl (C=O) groups excluding carboxylic acids is 2. The molecule has 0 N–H and O–H groups in total. The number of thiophene rings is 1. The van der Waals surface area contributed by atoms with Crippen molar-refractivity contribution in [2.24, 2.45) is 5.41 Å². The first-order valence-corrected chi connectivity index (χ1v) is 11.9. The van der Waals surface area contributed by atoms with Gasteiger partial charge in [-0.2, -0.15) is 5.26 Å². The van der Waals surface area contributed by atoms with E-state index in [9.17, 15) is 14.9 Å². The minimum absolute atomic E-state index is 0.00630. The standard InChI is InChI=1S/C26H26N2O2S/c1-26(2)13-20-24(21(29)14-26)18(16-8-4-3-5-9-16)12-23(30)28(20)25-19(15-27)17-10-6-7-11-22(17)31-25/h3-5,8-9,18H,6-7,10-14H2,1-2H3/t18-/m1/s1. The Hall–Kier alpha value is -2.71. The number of hydrogen-bond acceptors (Lipinski definition) is 4. The Morgan fingerprint density at radius 1 is 1.10 bits per heavy atom. The summed E-state index contributed by atoms with van der Waals surface area (Å²) in [6.45, 7) is 4.18. The predicted molar refractivity (Wildman–Crippen MR) is 122 cm³/mol. The number of aryl methyl sites for hydroxylation is 1. The minimum Gasteiger partial charge on any atom is -0.294 e. The average molecular weight is 431 g/mol. The van der Waals surface area contributed by atoms with Gasteiger partial charge in [0.2, 0.25) is 5.91 Å². The van der Waals surface area contributed by atoms with Crippen molar-refractivity contribution < 1.29 is 9.59 Å². The van der Waals surface area contributed by atoms with Crippen LogP contribution in [0.1, 0.15) is 73.4 Å². The van der Waals surface area contributed by atoms with Crippen LogP contribution in [0.15, 0.2) is 41.6 Å². The summed E-state index contributed by atoms with van der Waals surface area (Å²) in [5.74, 6) is -0.0747. The molecule has 3 aliphatic rings. The average Bonchev–Trinajstić information content (AvgIpc) is 3.10. The van der Waals surface area contributed by atoms with E-state index in [1.165, 1.54) is 4.88 Å². The van der Waals surface area contributed by atoms with E-state index in [4.69, 9.17) is 0 Å². The molecule has 1 aliphatic heterocycles. The van der Waals surface area contributed by atoms with Crippen molar-refractivity contribution in [3.05, 3.63) is 63.2 Å². The van der Waals surface area contributed by atoms with E-state index < -0.39 is 0 Å². The molecule has 2 aliphatic carbocycles. The summed E-state index contributed by atoms with van der Waals surface area (Å²) in [5, 5.41) is 10.7. The second-order valence-corrected chi connectivity index (χ2v) is 10.8. The van der Waals surface area contributed by atoms with E-state index in [1.807, 2.05) is 30.3 Å². The van der Waals surface area contributed by atoms with Gasteiger partial charge in [0, 0.05) is 34.9 Å². The zero-order chi connectivity index (χ0) is 21.8. The van der Waals surface area contributed by atoms with Gasteiger partial charge < -0.3 is 0 Å². The minimum atomic E-state index is -0.212. The monoisotopic (exact) mass is 430 g/mol. The van der Waals surface area contributed by atoms with Crippen LogP contribution in [0.25, 0.3) is 0 Å². The highest BCUT2D eigenvalue weighted by Crippen LogP contribution is 2.51. The molecule has 31 heavy (non-hydrogen) atoms. The molecular formula is C26H26N2O2S. The van der Waals surface area contributed by atoms with Crippen molar-refractivity contribution >= 4 is 28.0 Å². The number of carbonyl (C=O) groups is 2. The third-order valence-electron chi connectivity index (χ3n) is 6.81. The van der Waals surface area contributed by atoms with Gasteiger partial charge in [-0.3, -0.25) is 14.5 Å². The third kappa shape index (κ3) is 3.34. The lowest BCUT2D eigenvalue weighted by Gasteiger charge is -2.42. The van der Waals surface area contributed by atoms with Crippen molar-refractivity contribution in [1.82, 2.24) is 0 Å². The van der Waals surface area contributed by atoms with Crippen LogP contribution in [-0.2, 0) is 22.4 Å². The number of anilines is 1. The lowest BCUT2D eigenvalue weighted by Crippen LogP contribution is -2.43. The number of amides is 1. The summed E-state index contributed by atoms with van der Waals surface area (Å²) < 4.78 is 0. The normalized spacial score (nSPS) is 22.7. The van der Waals surface area contributed by atoms with Crippen molar-refractivity contribution in [2.75, 3.05) is 4.90 Å². The zero-order valence-corrected chi connectivity index (χ0v) is 18.8. The smallest absolute Gasteiger partial charge is 0.232 e. The maximum absolute atomic E-state index is 13.6. The second kappa shape index (κ2) is 7.46. The number of fused-ring (bicyclic) bond motifs is 1. The number of hydrogen-bond donors (Lipinski definition) is 0. The molecule has 1 aromatic heterocycles. The fourth-order valence-corrected chi connectivity index (χ4v) is 6.83. The summed E-state index contributed by atoms with van der Waals surface area (Å²) in [5.41, 5.74) is 4.17. The number of nitrogens with zero attached hydrogens (tertiary/aromatic N) is 2. The van der Waals surface area contributed by atoms with Gasteiger partial charge in [-0.05, 0) is 48.6 Å². The van der Waals surface area contributed by atoms with E-state index in [2.05, 4.69) is 19.9 Å². The molecule has 0 unspecified atom stereocenters. The molecule has 5 heteroatoms. The summed E-state index contributed by atoms with van der Waals surface area (Å²) in [6.07, 6.45) is 5.50. The van der Waals surface area contributed by atoms with Crippen LogP contribution in [0.3, 0.4) is 0 Å². The van der Waals surface area contributed by atoms with Gasteiger partial charge >= 0.3 is 0 Å². The molecule has 0 bridgehead atoms. The predicted octanol–water partition coefficient (Wildman–Crippen LogP) is 5.66. The number of rotatable bonds is 2. The molecule has 0 radical (unpaired) electrons. The second-order valence-electron chi connectivity index (χ2n) is 9.70. The third-order valence-corrected chi connectivity index (χ3v) is 8.09. The van der Waals surface area contributed by atoms with E-state index in [1.54, 1.807) is 16.2 Å². The van der Waals surface area contributed by atoms with Crippen LogP contribution in [0.5, 0.6) is 0 Å². The topological polar surface area (TPSA) is 61.2 Å². The molecule has 0 saturated carbocycles. The van der Waals surface area contributed by atoms with Gasteiger partial charge in [-0.1, -0.05) is 44.2 Å². The molecular weight excluding hydrogens is 404 g/mol. The van der Waals surface area contributed by atoms with Crippen molar-refractivity contribution in [3.8, 4) is 6.07 Å². The molecule has 0 spiro atoms. The largest absolute Gasteiger partial charge is 0.294 e. The molecule has 0 saturated heterocycles. The molecule has 5 rings (SSSR count). The van der Waals surface area contributed by atoms with Crippen LogP contribution >= 0.6 is 11.3 Å². The van der Waals surface area contributed by atoms with Gasteiger partial charge in [-0.25, -0.2) is 0 Å². The molecule has 2 aromatic rings. The number of ketones is 1. The quantitative estimate of drug-likeness (QED) is 0.617. The van der Waals surface area contributed by atoms with Crippen LogP contribution in [0, 0.1) is 16.7 Å². The first kappa shape index (κ1) is 20.2. The Kier molecular flexibility index (Phi) is 4.86. The summed E-state index contributed by atoms with van der Waals surface area (Å²) in [4.78, 5) is 30.0. The zero-order valence-electron chi connectivity index (χ0n) is 18.0. The Morgan fingerprint density at radius 2 is 1.84 bits per heavy atom. The van der Waals surface area contributed by atoms with Crippen LogP contribution in [-0.4, -0.2) is 11.7 Å². The summed E-state index contributed by atoms with van der Waals surface area (Å²) in [6, 6.07) is 12.3. The van der Waals surface area contributed by atoms with Crippen molar-refractivity contribution in [3.63, 3.8) is 0 Å². The van der Waals surface area contributed by atoms with Crippen molar-refractivity contribution in [2.45, 2.75) is 64.7 Å². The van der Waals surface area contributed by atoms with Crippen LogP contribution in [0.2, 0.25) is 0 Å². The first-order chi connectivity index (χ1) is 14.9. The SMILES string of the molecule is CC1(C)CC(=O)C2=C(C1)N(c1sc3c(c1C#N)CCCC3)C(=O)C[C@@H]2c1ccccc1. The maximum atomic E-state index is 13.6. The van der Waals surface area contributed by atoms with Crippen LogP contribution in [0.4, 0.5) is 5.00 Å². The van der Waals surface area contributed by atoms with Gasteiger partial charge in [0.15, 0.2) is 5.78 Å². The van der Waals surface area contributed by atoms with E-state index in [0.29, 0.717) is 18.4 Å². The molecule has 2 heterocycles. The van der Waals surface area contributed by atoms with Gasteiger partial charge in [0.05, 0.1) is 5.56 Å². The van der Waals surface area contributed by atoms with Crippen LogP contribution < -0.4 is 4.90 Å². The fraction of sp³-hybridized carbons (Fsp3) is 0.423. The lowest BCUT2D eigenvalue weighted by molar-refractivity contribution is -0.120. The Morgan fingerprint density at radius 3 is 2.58 bits per heavy atom. The van der Waals surface area contributed by atoms with Gasteiger partial charge in [0.25, 0.3) is 0 Å². The Labute approximate surface area is 187 Å². The van der Waals surface area contributed by atoms with E-state index in [-0.39, 0.29) is 29.4 Å². The highest BCUT2D eigenvalue weighted by molar-refractivity contribution is 7.16. The van der Waals surface area contributed by atoms with E-state index in [0.717, 1.165) is 53.1 Å². The number of nitriles is 1. The highest BCUT2D eigenvalue weighted by Gasteiger charge is 2.45. The molecule has 0 fully saturated rings. The summed E-state index contributed by atoms with van der Waals surface area (Å²) >= 11 is 1.59. The maximum Gasteiger partial charge on any atom is 0.232 e.